The zero-order valence-electron chi connectivity index (χ0n) is 24.6. The summed E-state index contributed by atoms with van der Waals surface area (Å²) in [5, 5.41) is 12.6. The van der Waals surface area contributed by atoms with E-state index in [0.29, 0.717) is 18.8 Å². The number of alkyl carbamates (subject to hydrolysis) is 1. The molecule has 3 aromatic heterocycles. The summed E-state index contributed by atoms with van der Waals surface area (Å²) in [4.78, 5) is 20.9. The van der Waals surface area contributed by atoms with E-state index in [9.17, 15) is 4.79 Å². The summed E-state index contributed by atoms with van der Waals surface area (Å²) in [6.07, 6.45) is 3.85. The molecule has 0 aliphatic carbocycles. The molecule has 3 heterocycles. The molecule has 3 N–H and O–H groups in total. The fourth-order valence-electron chi connectivity index (χ4n) is 5.25. The quantitative estimate of drug-likeness (QED) is 0.158. The summed E-state index contributed by atoms with van der Waals surface area (Å²) in [6, 6.07) is 26.2. The number of hydrogen-bond donors (Lipinski definition) is 3. The van der Waals surface area contributed by atoms with E-state index in [0.717, 1.165) is 55.4 Å². The van der Waals surface area contributed by atoms with Crippen molar-refractivity contribution >= 4 is 27.9 Å². The predicted molar refractivity (Wildman–Crippen MR) is 170 cm³/mol. The van der Waals surface area contributed by atoms with Gasteiger partial charge in [-0.25, -0.2) is 4.79 Å². The van der Waals surface area contributed by atoms with Crippen LogP contribution in [0.4, 0.5) is 4.79 Å². The number of aromatic nitrogens is 4. The van der Waals surface area contributed by atoms with Crippen LogP contribution in [0.3, 0.4) is 0 Å². The Bertz CT molecular complexity index is 1860. The first-order chi connectivity index (χ1) is 20.9. The number of carbonyl (C=O) groups is 1. The number of nitrogens with one attached hydrogen (secondary N) is 3. The molecule has 218 valence electrons. The smallest absolute Gasteiger partial charge is 0.407 e. The number of para-hydroxylation sites is 1. The van der Waals surface area contributed by atoms with Crippen LogP contribution < -0.4 is 10.1 Å². The molecule has 0 unspecified atom stereocenters. The number of H-pyrrole nitrogens is 2. The number of pyridine rings is 1. The molecule has 0 bridgehead atoms. The van der Waals surface area contributed by atoms with Crippen molar-refractivity contribution < 1.29 is 14.3 Å². The van der Waals surface area contributed by atoms with Crippen LogP contribution in [0.5, 0.6) is 5.75 Å². The summed E-state index contributed by atoms with van der Waals surface area (Å²) in [5.41, 5.74) is 7.90. The molecule has 3 aromatic carbocycles. The first kappa shape index (κ1) is 28.0. The minimum Gasteiger partial charge on any atom is -0.490 e. The number of amides is 1. The van der Waals surface area contributed by atoms with Gasteiger partial charge < -0.3 is 19.8 Å². The van der Waals surface area contributed by atoms with E-state index in [4.69, 9.17) is 14.5 Å². The Balaban J connectivity index is 1.29. The Morgan fingerprint density at radius 1 is 0.907 bits per heavy atom. The third kappa shape index (κ3) is 6.38. The van der Waals surface area contributed by atoms with Crippen LogP contribution in [-0.2, 0) is 11.2 Å². The van der Waals surface area contributed by atoms with Crippen LogP contribution in [-0.4, -0.2) is 45.5 Å². The Morgan fingerprint density at radius 2 is 1.72 bits per heavy atom. The standard InChI is InChI=1S/C35H35N5O3/c1-22(2)20-43-35(41)38-27(15-26-18-36-32-12-8-7-11-29(26)32)21-42-28-17-31(34(37-19-28)24-9-5-4-6-10-24)25-13-14-33-30(16-25)23(3)39-40-33/h4-14,16-19,22,27,36H,15,20-21H2,1-3H3,(H,38,41)(H,39,40)/t27-/m0/s1. The molecule has 0 spiro atoms. The van der Waals surface area contributed by atoms with E-state index in [-0.39, 0.29) is 18.6 Å². The molecular weight excluding hydrogens is 538 g/mol. The van der Waals surface area contributed by atoms with Gasteiger partial charge in [-0.15, -0.1) is 0 Å². The summed E-state index contributed by atoms with van der Waals surface area (Å²) in [5.74, 6) is 0.853. The average Bonchev–Trinajstić information content (AvgIpc) is 3.61. The van der Waals surface area contributed by atoms with Gasteiger partial charge in [-0.2, -0.15) is 5.10 Å². The molecule has 1 atom stereocenters. The molecule has 8 nitrogen and oxygen atoms in total. The van der Waals surface area contributed by atoms with Crippen molar-refractivity contribution in [2.24, 2.45) is 5.92 Å². The minimum absolute atomic E-state index is 0.238. The van der Waals surface area contributed by atoms with Crippen LogP contribution in [0.1, 0.15) is 25.1 Å². The van der Waals surface area contributed by atoms with E-state index in [1.807, 2.05) is 75.5 Å². The molecule has 6 rings (SSSR count). The van der Waals surface area contributed by atoms with Gasteiger partial charge in [-0.1, -0.05) is 68.4 Å². The van der Waals surface area contributed by atoms with Gasteiger partial charge in [0.2, 0.25) is 0 Å². The predicted octanol–water partition coefficient (Wildman–Crippen LogP) is 7.45. The zero-order chi connectivity index (χ0) is 29.8. The van der Waals surface area contributed by atoms with Gasteiger partial charge in [0, 0.05) is 33.6 Å². The van der Waals surface area contributed by atoms with Gasteiger partial charge in [-0.05, 0) is 54.7 Å². The van der Waals surface area contributed by atoms with E-state index in [1.54, 1.807) is 6.20 Å². The maximum Gasteiger partial charge on any atom is 0.407 e. The van der Waals surface area contributed by atoms with Crippen LogP contribution in [0.2, 0.25) is 0 Å². The summed E-state index contributed by atoms with van der Waals surface area (Å²) >= 11 is 0. The molecular formula is C35H35N5O3. The molecule has 1 amide bonds. The molecule has 0 aliphatic rings. The third-order valence-corrected chi connectivity index (χ3v) is 7.44. The first-order valence-corrected chi connectivity index (χ1v) is 14.6. The SMILES string of the molecule is Cc1n[nH]c2ccc(-c3cc(OC[C@H](Cc4c[nH]c5ccccc45)NC(=O)OCC(C)C)cnc3-c3ccccc3)cc12. The van der Waals surface area contributed by atoms with Crippen molar-refractivity contribution in [2.45, 2.75) is 33.2 Å². The summed E-state index contributed by atoms with van der Waals surface area (Å²) in [6.45, 7) is 6.60. The number of fused-ring (bicyclic) bond motifs is 2. The topological polar surface area (TPSA) is 105 Å². The number of aryl methyl sites for hydroxylation is 1. The number of rotatable bonds is 10. The molecule has 43 heavy (non-hydrogen) atoms. The lowest BCUT2D eigenvalue weighted by molar-refractivity contribution is 0.125. The second-order valence-corrected chi connectivity index (χ2v) is 11.2. The average molecular weight is 574 g/mol. The fraction of sp³-hybridized carbons (Fsp3) is 0.229. The van der Waals surface area contributed by atoms with Gasteiger partial charge in [0.25, 0.3) is 0 Å². The molecule has 0 aliphatic heterocycles. The number of carbonyl (C=O) groups excluding carboxylic acids is 1. The molecule has 0 radical (unpaired) electrons. The highest BCUT2D eigenvalue weighted by molar-refractivity contribution is 5.90. The van der Waals surface area contributed by atoms with Gasteiger partial charge in [0.1, 0.15) is 12.4 Å². The second kappa shape index (κ2) is 12.4. The Labute approximate surface area is 250 Å². The maximum absolute atomic E-state index is 12.7. The number of hydrogen-bond acceptors (Lipinski definition) is 5. The minimum atomic E-state index is -0.454. The fourth-order valence-corrected chi connectivity index (χ4v) is 5.25. The van der Waals surface area contributed by atoms with Crippen molar-refractivity contribution in [2.75, 3.05) is 13.2 Å². The molecule has 0 saturated heterocycles. The van der Waals surface area contributed by atoms with E-state index >= 15 is 0 Å². The molecule has 8 heteroatoms. The summed E-state index contributed by atoms with van der Waals surface area (Å²) in [7, 11) is 0. The van der Waals surface area contributed by atoms with E-state index in [2.05, 4.69) is 50.8 Å². The maximum atomic E-state index is 12.7. The largest absolute Gasteiger partial charge is 0.490 e. The van der Waals surface area contributed by atoms with Crippen LogP contribution in [0.25, 0.3) is 44.2 Å². The van der Waals surface area contributed by atoms with Crippen LogP contribution in [0.15, 0.2) is 91.3 Å². The Morgan fingerprint density at radius 3 is 2.56 bits per heavy atom. The lowest BCUT2D eigenvalue weighted by Crippen LogP contribution is -2.41. The highest BCUT2D eigenvalue weighted by Gasteiger charge is 2.19. The second-order valence-electron chi connectivity index (χ2n) is 11.2. The van der Waals surface area contributed by atoms with Crippen molar-refractivity contribution in [1.82, 2.24) is 25.5 Å². The third-order valence-electron chi connectivity index (χ3n) is 7.44. The van der Waals surface area contributed by atoms with Crippen molar-refractivity contribution in [3.05, 3.63) is 103 Å². The van der Waals surface area contributed by atoms with Gasteiger partial charge in [-0.3, -0.25) is 10.1 Å². The Hall–Kier alpha value is -5.11. The van der Waals surface area contributed by atoms with Crippen LogP contribution >= 0.6 is 0 Å². The highest BCUT2D eigenvalue weighted by Crippen LogP contribution is 2.35. The lowest BCUT2D eigenvalue weighted by Gasteiger charge is -2.20. The van der Waals surface area contributed by atoms with Crippen molar-refractivity contribution in [3.63, 3.8) is 0 Å². The van der Waals surface area contributed by atoms with Gasteiger partial charge >= 0.3 is 6.09 Å². The van der Waals surface area contributed by atoms with E-state index in [1.165, 1.54) is 0 Å². The number of nitrogens with zero attached hydrogens (tertiary/aromatic N) is 2. The molecule has 0 saturated carbocycles. The number of ether oxygens (including phenoxy) is 2. The normalized spacial score (nSPS) is 12.1. The monoisotopic (exact) mass is 573 g/mol. The zero-order valence-corrected chi connectivity index (χ0v) is 24.6. The van der Waals surface area contributed by atoms with Gasteiger partial charge in [0.15, 0.2) is 0 Å². The highest BCUT2D eigenvalue weighted by atomic mass is 16.5. The first-order valence-electron chi connectivity index (χ1n) is 14.6. The summed E-state index contributed by atoms with van der Waals surface area (Å²) < 4.78 is 11.8. The van der Waals surface area contributed by atoms with Gasteiger partial charge in [0.05, 0.1) is 35.8 Å². The number of aromatic amines is 2. The van der Waals surface area contributed by atoms with Crippen LogP contribution in [0, 0.1) is 12.8 Å². The Kier molecular flexibility index (Phi) is 8.09. The van der Waals surface area contributed by atoms with Crippen molar-refractivity contribution in [3.8, 4) is 28.1 Å². The number of benzene rings is 3. The van der Waals surface area contributed by atoms with E-state index < -0.39 is 6.09 Å². The lowest BCUT2D eigenvalue weighted by atomic mass is 9.98. The molecule has 6 aromatic rings. The molecule has 0 fully saturated rings. The van der Waals surface area contributed by atoms with Crippen molar-refractivity contribution in [1.29, 1.82) is 0 Å².